The molecular formula is C13H15BrClNOS. The first-order valence-electron chi connectivity index (χ1n) is 6.01. The third-order valence-electron chi connectivity index (χ3n) is 2.94. The first-order chi connectivity index (χ1) is 8.66. The molecule has 1 saturated heterocycles. The van der Waals surface area contributed by atoms with Gasteiger partial charge in [0.05, 0.1) is 5.56 Å². The summed E-state index contributed by atoms with van der Waals surface area (Å²) in [4.78, 5) is 12.0. The second kappa shape index (κ2) is 6.83. The fourth-order valence-electron chi connectivity index (χ4n) is 1.94. The zero-order valence-corrected chi connectivity index (χ0v) is 13.1. The van der Waals surface area contributed by atoms with Crippen LogP contribution in [0.15, 0.2) is 22.7 Å². The van der Waals surface area contributed by atoms with Crippen molar-refractivity contribution in [3.63, 3.8) is 0 Å². The Bertz CT molecular complexity index is 435. The van der Waals surface area contributed by atoms with Crippen molar-refractivity contribution < 1.29 is 4.79 Å². The molecule has 5 heteroatoms. The highest BCUT2D eigenvalue weighted by Crippen LogP contribution is 2.25. The van der Waals surface area contributed by atoms with Crippen LogP contribution in [0, 0.1) is 0 Å². The summed E-state index contributed by atoms with van der Waals surface area (Å²) < 4.78 is 0.740. The van der Waals surface area contributed by atoms with E-state index in [2.05, 4.69) is 21.2 Å². The van der Waals surface area contributed by atoms with Gasteiger partial charge in [-0.05, 0) is 52.7 Å². The molecule has 0 saturated carbocycles. The van der Waals surface area contributed by atoms with Crippen LogP contribution in [0.3, 0.4) is 0 Å². The van der Waals surface area contributed by atoms with Crippen LogP contribution in [0.5, 0.6) is 0 Å². The molecule has 1 aromatic rings. The number of thioether (sulfide) groups is 1. The Kier molecular flexibility index (Phi) is 5.39. The molecule has 2 rings (SSSR count). The topological polar surface area (TPSA) is 29.1 Å². The normalized spacial score (nSPS) is 19.6. The van der Waals surface area contributed by atoms with Gasteiger partial charge in [0.2, 0.25) is 0 Å². The summed E-state index contributed by atoms with van der Waals surface area (Å²) in [6.07, 6.45) is 3.78. The number of amides is 1. The SMILES string of the molecule is O=C(NCC1CCCCS1)c1ccc(Cl)cc1Br. The van der Waals surface area contributed by atoms with Crippen LogP contribution < -0.4 is 5.32 Å². The zero-order chi connectivity index (χ0) is 13.0. The summed E-state index contributed by atoms with van der Waals surface area (Å²) in [5, 5.41) is 4.19. The number of carbonyl (C=O) groups excluding carboxylic acids is 1. The molecular weight excluding hydrogens is 334 g/mol. The molecule has 1 heterocycles. The van der Waals surface area contributed by atoms with Crippen LogP contribution in [0.4, 0.5) is 0 Å². The molecule has 1 aliphatic heterocycles. The van der Waals surface area contributed by atoms with Gasteiger partial charge in [-0.1, -0.05) is 18.0 Å². The second-order valence-corrected chi connectivity index (χ2v) is 7.02. The zero-order valence-electron chi connectivity index (χ0n) is 9.92. The molecule has 0 radical (unpaired) electrons. The lowest BCUT2D eigenvalue weighted by atomic mass is 10.1. The third kappa shape index (κ3) is 3.90. The van der Waals surface area contributed by atoms with Crippen LogP contribution in [-0.4, -0.2) is 23.5 Å². The van der Waals surface area contributed by atoms with Crippen LogP contribution in [0.2, 0.25) is 5.02 Å². The number of rotatable bonds is 3. The van der Waals surface area contributed by atoms with Crippen molar-refractivity contribution in [3.05, 3.63) is 33.3 Å². The van der Waals surface area contributed by atoms with E-state index in [1.807, 2.05) is 11.8 Å². The summed E-state index contributed by atoms with van der Waals surface area (Å²) in [5.74, 6) is 1.18. The molecule has 1 atom stereocenters. The number of carbonyl (C=O) groups is 1. The standard InChI is InChI=1S/C13H15BrClNOS/c14-12-7-9(15)4-5-11(12)13(17)16-8-10-3-1-2-6-18-10/h4-5,7,10H,1-3,6,8H2,(H,16,17). The monoisotopic (exact) mass is 347 g/mol. The van der Waals surface area contributed by atoms with Gasteiger partial charge in [-0.25, -0.2) is 0 Å². The molecule has 0 aromatic heterocycles. The Hall–Kier alpha value is -0.190. The molecule has 18 heavy (non-hydrogen) atoms. The fraction of sp³-hybridized carbons (Fsp3) is 0.462. The van der Waals surface area contributed by atoms with Crippen LogP contribution in [-0.2, 0) is 0 Å². The molecule has 98 valence electrons. The van der Waals surface area contributed by atoms with E-state index in [0.717, 1.165) is 11.0 Å². The van der Waals surface area contributed by atoms with Gasteiger partial charge >= 0.3 is 0 Å². The second-order valence-electron chi connectivity index (χ2n) is 4.32. The average molecular weight is 349 g/mol. The lowest BCUT2D eigenvalue weighted by Crippen LogP contribution is -2.32. The van der Waals surface area contributed by atoms with E-state index in [1.54, 1.807) is 18.2 Å². The molecule has 0 bridgehead atoms. The molecule has 1 aromatic carbocycles. The van der Waals surface area contributed by atoms with Crippen LogP contribution in [0.1, 0.15) is 29.6 Å². The van der Waals surface area contributed by atoms with Crippen molar-refractivity contribution in [3.8, 4) is 0 Å². The number of benzene rings is 1. The Balaban J connectivity index is 1.90. The molecule has 1 unspecified atom stereocenters. The van der Waals surface area contributed by atoms with Crippen molar-refractivity contribution >= 4 is 45.2 Å². The van der Waals surface area contributed by atoms with E-state index in [1.165, 1.54) is 25.0 Å². The highest BCUT2D eigenvalue weighted by molar-refractivity contribution is 9.10. The summed E-state index contributed by atoms with van der Waals surface area (Å²) in [6, 6.07) is 5.22. The van der Waals surface area contributed by atoms with E-state index in [9.17, 15) is 4.79 Å². The summed E-state index contributed by atoms with van der Waals surface area (Å²) in [5.41, 5.74) is 0.639. The first kappa shape index (κ1) is 14.2. The minimum atomic E-state index is -0.0373. The van der Waals surface area contributed by atoms with Gasteiger partial charge in [0.25, 0.3) is 5.91 Å². The van der Waals surface area contributed by atoms with Gasteiger partial charge in [0.15, 0.2) is 0 Å². The average Bonchev–Trinajstić information content (AvgIpc) is 2.37. The van der Waals surface area contributed by atoms with Gasteiger partial charge in [0, 0.05) is 21.3 Å². The number of hydrogen-bond acceptors (Lipinski definition) is 2. The molecule has 2 nitrogen and oxygen atoms in total. The summed E-state index contributed by atoms with van der Waals surface area (Å²) >= 11 is 11.2. The Labute approximate surface area is 125 Å². The first-order valence-corrected chi connectivity index (χ1v) is 8.23. The number of halogens is 2. The highest BCUT2D eigenvalue weighted by Gasteiger charge is 2.16. The van der Waals surface area contributed by atoms with E-state index >= 15 is 0 Å². The predicted octanol–water partition coefficient (Wildman–Crippen LogP) is 4.12. The molecule has 1 aliphatic rings. The molecule has 1 amide bonds. The van der Waals surface area contributed by atoms with Crippen molar-refractivity contribution in [1.82, 2.24) is 5.32 Å². The fourth-order valence-corrected chi connectivity index (χ4v) is 4.05. The van der Waals surface area contributed by atoms with Gasteiger partial charge < -0.3 is 5.32 Å². The number of nitrogens with one attached hydrogen (secondary N) is 1. The highest BCUT2D eigenvalue weighted by atomic mass is 79.9. The molecule has 1 fully saturated rings. The molecule has 0 aliphatic carbocycles. The Morgan fingerprint density at radius 2 is 2.33 bits per heavy atom. The molecule has 0 spiro atoms. The van der Waals surface area contributed by atoms with E-state index in [4.69, 9.17) is 11.6 Å². The smallest absolute Gasteiger partial charge is 0.252 e. The van der Waals surface area contributed by atoms with Crippen molar-refractivity contribution in [2.24, 2.45) is 0 Å². The van der Waals surface area contributed by atoms with E-state index < -0.39 is 0 Å². The van der Waals surface area contributed by atoms with Crippen LogP contribution >= 0.6 is 39.3 Å². The largest absolute Gasteiger partial charge is 0.351 e. The van der Waals surface area contributed by atoms with Gasteiger partial charge in [0.1, 0.15) is 0 Å². The van der Waals surface area contributed by atoms with Crippen molar-refractivity contribution in [2.75, 3.05) is 12.3 Å². The Morgan fingerprint density at radius 1 is 1.50 bits per heavy atom. The third-order valence-corrected chi connectivity index (χ3v) is 5.23. The number of hydrogen-bond donors (Lipinski definition) is 1. The summed E-state index contributed by atoms with van der Waals surface area (Å²) in [7, 11) is 0. The van der Waals surface area contributed by atoms with Crippen molar-refractivity contribution in [1.29, 1.82) is 0 Å². The lowest BCUT2D eigenvalue weighted by Gasteiger charge is -2.21. The Morgan fingerprint density at radius 3 is 3.00 bits per heavy atom. The van der Waals surface area contributed by atoms with Crippen molar-refractivity contribution in [2.45, 2.75) is 24.5 Å². The minimum absolute atomic E-state index is 0.0373. The van der Waals surface area contributed by atoms with Gasteiger partial charge in [-0.3, -0.25) is 4.79 Å². The maximum absolute atomic E-state index is 12.0. The molecule has 1 N–H and O–H groups in total. The maximum Gasteiger partial charge on any atom is 0.252 e. The quantitative estimate of drug-likeness (QED) is 0.890. The van der Waals surface area contributed by atoms with Gasteiger partial charge in [-0.15, -0.1) is 0 Å². The predicted molar refractivity (Wildman–Crippen MR) is 81.6 cm³/mol. The summed E-state index contributed by atoms with van der Waals surface area (Å²) in [6.45, 7) is 0.749. The van der Waals surface area contributed by atoms with Crippen LogP contribution in [0.25, 0.3) is 0 Å². The maximum atomic E-state index is 12.0. The van der Waals surface area contributed by atoms with E-state index in [0.29, 0.717) is 15.8 Å². The van der Waals surface area contributed by atoms with E-state index in [-0.39, 0.29) is 5.91 Å². The van der Waals surface area contributed by atoms with Gasteiger partial charge in [-0.2, -0.15) is 11.8 Å². The minimum Gasteiger partial charge on any atom is -0.351 e. The lowest BCUT2D eigenvalue weighted by molar-refractivity contribution is 0.0952.